The van der Waals surface area contributed by atoms with Crippen molar-refractivity contribution in [2.45, 2.75) is 39.2 Å². The maximum Gasteiger partial charge on any atom is 0.328 e. The number of hydrogen-bond donors (Lipinski definition) is 2. The molecular formula is C16H21NO3. The Balaban J connectivity index is 2.66. The topological polar surface area (TPSA) is 66.4 Å². The fourth-order valence-corrected chi connectivity index (χ4v) is 1.84. The lowest BCUT2D eigenvalue weighted by Crippen LogP contribution is -2.24. The van der Waals surface area contributed by atoms with Crippen LogP contribution in [0.2, 0.25) is 0 Å². The highest BCUT2D eigenvalue weighted by Crippen LogP contribution is 2.21. The number of hydrogen-bond acceptors (Lipinski definition) is 2. The Morgan fingerprint density at radius 3 is 2.20 bits per heavy atom. The van der Waals surface area contributed by atoms with Crippen molar-refractivity contribution in [3.8, 4) is 0 Å². The van der Waals surface area contributed by atoms with Crippen LogP contribution >= 0.6 is 0 Å². The molecule has 2 N–H and O–H groups in total. The van der Waals surface area contributed by atoms with E-state index in [0.717, 1.165) is 24.1 Å². The van der Waals surface area contributed by atoms with Crippen LogP contribution in [0.1, 0.15) is 50.3 Å². The van der Waals surface area contributed by atoms with Gasteiger partial charge in [-0.2, -0.15) is 0 Å². The number of aliphatic carboxylic acids is 1. The minimum absolute atomic E-state index is 0.160. The van der Waals surface area contributed by atoms with E-state index in [-0.39, 0.29) is 6.04 Å². The number of rotatable bonds is 6. The number of benzene rings is 1. The average Bonchev–Trinajstić information content (AvgIpc) is 2.44. The number of carbonyl (C=O) groups excluding carboxylic acids is 1. The van der Waals surface area contributed by atoms with E-state index >= 15 is 0 Å². The van der Waals surface area contributed by atoms with Crippen LogP contribution in [0, 0.1) is 0 Å². The molecule has 0 aromatic heterocycles. The summed E-state index contributed by atoms with van der Waals surface area (Å²) in [4.78, 5) is 21.8. The Kier molecular flexibility index (Phi) is 5.97. The highest BCUT2D eigenvalue weighted by molar-refractivity contribution is 5.94. The van der Waals surface area contributed by atoms with Gasteiger partial charge in [-0.1, -0.05) is 38.1 Å². The summed E-state index contributed by atoms with van der Waals surface area (Å²) in [7, 11) is 0. The largest absolute Gasteiger partial charge is 0.478 e. The molecule has 4 heteroatoms. The summed E-state index contributed by atoms with van der Waals surface area (Å²) in [5, 5.41) is 11.2. The molecule has 0 aliphatic rings. The highest BCUT2D eigenvalue weighted by Gasteiger charge is 2.09. The minimum atomic E-state index is -1.13. The van der Waals surface area contributed by atoms with Crippen LogP contribution in [0.3, 0.4) is 0 Å². The summed E-state index contributed by atoms with van der Waals surface area (Å²) in [5.74, 6) is -1.02. The van der Waals surface area contributed by atoms with Crippen LogP contribution in [0.25, 0.3) is 0 Å². The monoisotopic (exact) mass is 275 g/mol. The van der Waals surface area contributed by atoms with Crippen molar-refractivity contribution in [2.75, 3.05) is 0 Å². The molecule has 0 aliphatic heterocycles. The van der Waals surface area contributed by atoms with Gasteiger partial charge in [0.15, 0.2) is 0 Å². The molecule has 108 valence electrons. The van der Waals surface area contributed by atoms with E-state index in [9.17, 15) is 9.59 Å². The zero-order valence-electron chi connectivity index (χ0n) is 12.1. The quantitative estimate of drug-likeness (QED) is 0.784. The van der Waals surface area contributed by atoms with Crippen LogP contribution in [0.4, 0.5) is 0 Å². The molecule has 20 heavy (non-hydrogen) atoms. The maximum atomic E-state index is 11.5. The first-order valence-electron chi connectivity index (χ1n) is 6.75. The third-order valence-corrected chi connectivity index (χ3v) is 3.35. The van der Waals surface area contributed by atoms with Crippen molar-refractivity contribution in [1.82, 2.24) is 5.32 Å². The zero-order chi connectivity index (χ0) is 15.1. The van der Waals surface area contributed by atoms with E-state index in [1.165, 1.54) is 5.56 Å². The van der Waals surface area contributed by atoms with E-state index in [4.69, 9.17) is 5.11 Å². The van der Waals surface area contributed by atoms with Gasteiger partial charge in [0.2, 0.25) is 5.91 Å². The first-order chi connectivity index (χ1) is 9.43. The molecule has 0 heterocycles. The molecule has 0 saturated carbocycles. The highest BCUT2D eigenvalue weighted by atomic mass is 16.4. The van der Waals surface area contributed by atoms with Crippen LogP contribution in [0.15, 0.2) is 36.4 Å². The number of carboxylic acids is 1. The fourth-order valence-electron chi connectivity index (χ4n) is 1.84. The fraction of sp³-hybridized carbons (Fsp3) is 0.375. The van der Waals surface area contributed by atoms with Gasteiger partial charge in [-0.3, -0.25) is 4.79 Å². The molecule has 4 nitrogen and oxygen atoms in total. The smallest absolute Gasteiger partial charge is 0.328 e. The second-order valence-corrected chi connectivity index (χ2v) is 4.88. The molecular weight excluding hydrogens is 254 g/mol. The number of carbonyl (C=O) groups is 2. The second kappa shape index (κ2) is 7.48. The summed E-state index contributed by atoms with van der Waals surface area (Å²) in [6, 6.07) is 7.96. The van der Waals surface area contributed by atoms with E-state index in [1.807, 2.05) is 19.1 Å². The number of carboxylic acid groups (broad SMARTS) is 1. The van der Waals surface area contributed by atoms with E-state index in [1.54, 1.807) is 0 Å². The first kappa shape index (κ1) is 16.0. The molecule has 1 aromatic rings. The standard InChI is InChI=1S/C16H21NO3/c1-4-11(2)13-5-7-14(8-6-13)12(3)17-15(18)9-10-16(19)20/h5-12H,4H2,1-3H3,(H,17,18)(H,19,20)/t11-,12-/m0/s1. The summed E-state index contributed by atoms with van der Waals surface area (Å²) >= 11 is 0. The van der Waals surface area contributed by atoms with Crippen molar-refractivity contribution >= 4 is 11.9 Å². The molecule has 0 fully saturated rings. The van der Waals surface area contributed by atoms with Crippen LogP contribution in [-0.2, 0) is 9.59 Å². The van der Waals surface area contributed by atoms with Gasteiger partial charge in [-0.15, -0.1) is 0 Å². The Morgan fingerprint density at radius 1 is 1.15 bits per heavy atom. The molecule has 0 unspecified atom stereocenters. The van der Waals surface area contributed by atoms with Gasteiger partial charge >= 0.3 is 5.97 Å². The van der Waals surface area contributed by atoms with Crippen molar-refractivity contribution < 1.29 is 14.7 Å². The molecule has 0 bridgehead atoms. The van der Waals surface area contributed by atoms with Crippen molar-refractivity contribution in [2.24, 2.45) is 0 Å². The SMILES string of the molecule is CC[C@H](C)c1ccc([C@H](C)NC(=O)C=CC(=O)O)cc1. The summed E-state index contributed by atoms with van der Waals surface area (Å²) < 4.78 is 0. The normalized spacial score (nSPS) is 13.9. The Hall–Kier alpha value is -2.10. The van der Waals surface area contributed by atoms with Crippen molar-refractivity contribution in [3.05, 3.63) is 47.5 Å². The van der Waals surface area contributed by atoms with Gasteiger partial charge in [0.25, 0.3) is 0 Å². The Bertz CT molecular complexity index is 491. The lowest BCUT2D eigenvalue weighted by Gasteiger charge is -2.15. The van der Waals surface area contributed by atoms with Crippen LogP contribution < -0.4 is 5.32 Å². The van der Waals surface area contributed by atoms with Gasteiger partial charge in [-0.25, -0.2) is 4.79 Å². The molecule has 1 aromatic carbocycles. The van der Waals surface area contributed by atoms with Gasteiger partial charge in [0.1, 0.15) is 0 Å². The molecule has 2 atom stereocenters. The van der Waals surface area contributed by atoms with Gasteiger partial charge in [0.05, 0.1) is 6.04 Å². The van der Waals surface area contributed by atoms with E-state index in [2.05, 4.69) is 31.3 Å². The third kappa shape index (κ3) is 4.88. The molecule has 1 rings (SSSR count). The first-order valence-corrected chi connectivity index (χ1v) is 6.75. The van der Waals surface area contributed by atoms with Crippen LogP contribution in [-0.4, -0.2) is 17.0 Å². The maximum absolute atomic E-state index is 11.5. The second-order valence-electron chi connectivity index (χ2n) is 4.88. The van der Waals surface area contributed by atoms with Crippen molar-refractivity contribution in [3.63, 3.8) is 0 Å². The van der Waals surface area contributed by atoms with Gasteiger partial charge < -0.3 is 10.4 Å². The summed E-state index contributed by atoms with van der Waals surface area (Å²) in [6.45, 7) is 6.19. The Morgan fingerprint density at radius 2 is 1.70 bits per heavy atom. The van der Waals surface area contributed by atoms with Crippen molar-refractivity contribution in [1.29, 1.82) is 0 Å². The number of amides is 1. The molecule has 0 radical (unpaired) electrons. The number of nitrogens with one attached hydrogen (secondary N) is 1. The summed E-state index contributed by atoms with van der Waals surface area (Å²) in [6.07, 6.45) is 2.94. The molecule has 0 saturated heterocycles. The van der Waals surface area contributed by atoms with Crippen LogP contribution in [0.5, 0.6) is 0 Å². The lowest BCUT2D eigenvalue weighted by molar-refractivity contribution is -0.131. The molecule has 0 aliphatic carbocycles. The predicted octanol–water partition coefficient (Wildman–Crippen LogP) is 3.02. The third-order valence-electron chi connectivity index (χ3n) is 3.35. The summed E-state index contributed by atoms with van der Waals surface area (Å²) in [5.41, 5.74) is 2.27. The predicted molar refractivity (Wildman–Crippen MR) is 78.5 cm³/mol. The van der Waals surface area contributed by atoms with E-state index < -0.39 is 11.9 Å². The van der Waals surface area contributed by atoms with Gasteiger partial charge in [0, 0.05) is 12.2 Å². The molecule has 0 spiro atoms. The Labute approximate surface area is 119 Å². The lowest BCUT2D eigenvalue weighted by atomic mass is 9.96. The molecule has 1 amide bonds. The average molecular weight is 275 g/mol. The van der Waals surface area contributed by atoms with E-state index in [0.29, 0.717) is 5.92 Å². The van der Waals surface area contributed by atoms with Gasteiger partial charge in [-0.05, 0) is 30.4 Å². The minimum Gasteiger partial charge on any atom is -0.478 e. The zero-order valence-corrected chi connectivity index (χ0v) is 12.1.